The van der Waals surface area contributed by atoms with E-state index in [1.165, 1.54) is 19.2 Å². The Kier molecular flexibility index (Phi) is 8.48. The minimum absolute atomic E-state index is 0.0446. The van der Waals surface area contributed by atoms with Gasteiger partial charge in [0.25, 0.3) is 5.91 Å². The van der Waals surface area contributed by atoms with Crippen LogP contribution in [0.5, 0.6) is 5.88 Å². The Hall–Kier alpha value is -3.22. The van der Waals surface area contributed by atoms with E-state index in [-0.39, 0.29) is 53.8 Å². The first-order valence-corrected chi connectivity index (χ1v) is 13.1. The zero-order chi connectivity index (χ0) is 28.4. The molecule has 2 aromatic heterocycles. The minimum atomic E-state index is -4.69. The molecule has 0 radical (unpaired) electrons. The third-order valence-electron chi connectivity index (χ3n) is 7.78. The predicted octanol–water partition coefficient (Wildman–Crippen LogP) is 3.99. The number of carbonyl (C=O) groups is 2. The number of hydrogen-bond donors (Lipinski definition) is 3. The van der Waals surface area contributed by atoms with Crippen LogP contribution in [0.1, 0.15) is 68.8 Å². The standard InChI is InChI=1S/C26H33F4N5O4/c1-3-4-17-11-15(23(36)32-16-5-8-25(38,9-6-16)26(28,29)30)7-10-35(17)24(37)21-13-20(33-34-21)18-12-22(39-2)31-14-19(18)27/h12-17,38H,3-11H2,1-2H3,(H,32,36)(H,33,34)/t15-,16-,17+,25-/m1/s1. The lowest BCUT2D eigenvalue weighted by molar-refractivity contribution is -0.270. The van der Waals surface area contributed by atoms with Gasteiger partial charge >= 0.3 is 6.18 Å². The average molecular weight is 556 g/mol. The number of likely N-dealkylation sites (tertiary alicyclic amines) is 1. The first-order valence-electron chi connectivity index (χ1n) is 13.1. The number of aromatic nitrogens is 3. The average Bonchev–Trinajstić information content (AvgIpc) is 3.39. The van der Waals surface area contributed by atoms with Gasteiger partial charge in [0.1, 0.15) is 0 Å². The summed E-state index contributed by atoms with van der Waals surface area (Å²) in [6.07, 6.45) is -2.24. The van der Waals surface area contributed by atoms with Crippen molar-refractivity contribution in [3.63, 3.8) is 0 Å². The number of nitrogens with one attached hydrogen (secondary N) is 2. The molecule has 1 aliphatic heterocycles. The van der Waals surface area contributed by atoms with Crippen LogP contribution in [0.2, 0.25) is 0 Å². The molecule has 214 valence electrons. The summed E-state index contributed by atoms with van der Waals surface area (Å²) in [4.78, 5) is 31.9. The molecule has 0 unspecified atom stereocenters. The number of methoxy groups -OCH3 is 1. The zero-order valence-corrected chi connectivity index (χ0v) is 21.9. The van der Waals surface area contributed by atoms with Gasteiger partial charge in [0, 0.05) is 36.2 Å². The van der Waals surface area contributed by atoms with Gasteiger partial charge < -0.3 is 20.1 Å². The molecule has 2 aliphatic rings. The molecule has 3 heterocycles. The van der Waals surface area contributed by atoms with Crippen molar-refractivity contribution in [1.29, 1.82) is 0 Å². The van der Waals surface area contributed by atoms with Gasteiger partial charge in [-0.3, -0.25) is 14.7 Å². The molecule has 9 nitrogen and oxygen atoms in total. The van der Waals surface area contributed by atoms with Gasteiger partial charge in [0.15, 0.2) is 17.1 Å². The van der Waals surface area contributed by atoms with E-state index in [1.807, 2.05) is 6.92 Å². The molecule has 1 saturated carbocycles. The number of hydrogen-bond acceptors (Lipinski definition) is 6. The maximum atomic E-state index is 14.3. The third-order valence-corrected chi connectivity index (χ3v) is 7.78. The van der Waals surface area contributed by atoms with E-state index < -0.39 is 36.5 Å². The van der Waals surface area contributed by atoms with E-state index in [2.05, 4.69) is 20.5 Å². The Balaban J connectivity index is 1.39. The molecule has 4 rings (SSSR count). The second-order valence-electron chi connectivity index (χ2n) is 10.3. The Labute approximate surface area is 223 Å². The summed E-state index contributed by atoms with van der Waals surface area (Å²) in [5.41, 5.74) is -2.13. The molecule has 39 heavy (non-hydrogen) atoms. The van der Waals surface area contributed by atoms with Crippen molar-refractivity contribution in [1.82, 2.24) is 25.4 Å². The van der Waals surface area contributed by atoms with Crippen LogP contribution in [0.4, 0.5) is 17.6 Å². The summed E-state index contributed by atoms with van der Waals surface area (Å²) < 4.78 is 58.6. The quantitative estimate of drug-likeness (QED) is 0.445. The molecular formula is C26H33F4N5O4. The maximum absolute atomic E-state index is 14.3. The van der Waals surface area contributed by atoms with E-state index in [0.29, 0.717) is 31.5 Å². The summed E-state index contributed by atoms with van der Waals surface area (Å²) in [5.74, 6) is -1.36. The van der Waals surface area contributed by atoms with E-state index in [0.717, 1.165) is 12.6 Å². The lowest BCUT2D eigenvalue weighted by Gasteiger charge is -2.40. The Bertz CT molecular complexity index is 1180. The third kappa shape index (κ3) is 6.18. The first kappa shape index (κ1) is 28.8. The van der Waals surface area contributed by atoms with E-state index in [4.69, 9.17) is 4.74 Å². The number of H-pyrrole nitrogens is 1. The molecule has 3 N–H and O–H groups in total. The van der Waals surface area contributed by atoms with Gasteiger partial charge in [0.05, 0.1) is 19.0 Å². The largest absolute Gasteiger partial charge is 0.481 e. The fourth-order valence-electron chi connectivity index (χ4n) is 5.46. The number of pyridine rings is 1. The Morgan fingerprint density at radius 3 is 2.62 bits per heavy atom. The lowest BCUT2D eigenvalue weighted by Crippen LogP contribution is -2.53. The monoisotopic (exact) mass is 555 g/mol. The molecule has 2 atom stereocenters. The molecule has 1 aliphatic carbocycles. The number of aromatic amines is 1. The molecular weight excluding hydrogens is 522 g/mol. The second kappa shape index (κ2) is 11.5. The molecule has 0 bridgehead atoms. The summed E-state index contributed by atoms with van der Waals surface area (Å²) in [6.45, 7) is 2.28. The smallest absolute Gasteiger partial charge is 0.417 e. The van der Waals surface area contributed by atoms with Crippen molar-refractivity contribution in [2.45, 2.75) is 82.2 Å². The summed E-state index contributed by atoms with van der Waals surface area (Å²) >= 11 is 0. The second-order valence-corrected chi connectivity index (χ2v) is 10.3. The van der Waals surface area contributed by atoms with Crippen LogP contribution in [0, 0.1) is 11.7 Å². The van der Waals surface area contributed by atoms with Gasteiger partial charge in [-0.1, -0.05) is 13.3 Å². The van der Waals surface area contributed by atoms with Crippen molar-refractivity contribution < 1.29 is 37.0 Å². The molecule has 1 saturated heterocycles. The van der Waals surface area contributed by atoms with Crippen LogP contribution < -0.4 is 10.1 Å². The fraction of sp³-hybridized carbons (Fsp3) is 0.615. The number of carbonyl (C=O) groups excluding carboxylic acids is 2. The van der Waals surface area contributed by atoms with Crippen LogP contribution in [-0.4, -0.2) is 74.5 Å². The summed E-state index contributed by atoms with van der Waals surface area (Å²) in [5, 5.41) is 19.5. The predicted molar refractivity (Wildman–Crippen MR) is 132 cm³/mol. The van der Waals surface area contributed by atoms with Crippen LogP contribution >= 0.6 is 0 Å². The number of aliphatic hydroxyl groups is 1. The van der Waals surface area contributed by atoms with E-state index in [1.54, 1.807) is 4.90 Å². The zero-order valence-electron chi connectivity index (χ0n) is 21.9. The summed E-state index contributed by atoms with van der Waals surface area (Å²) in [7, 11) is 1.41. The van der Waals surface area contributed by atoms with Crippen molar-refractivity contribution in [2.24, 2.45) is 5.92 Å². The van der Waals surface area contributed by atoms with Crippen LogP contribution in [0.3, 0.4) is 0 Å². The number of rotatable bonds is 7. The maximum Gasteiger partial charge on any atom is 0.417 e. The van der Waals surface area contributed by atoms with Crippen LogP contribution in [0.15, 0.2) is 18.3 Å². The van der Waals surface area contributed by atoms with Gasteiger partial charge in [-0.25, -0.2) is 9.37 Å². The number of nitrogens with zero attached hydrogens (tertiary/aromatic N) is 3. The molecule has 2 aromatic rings. The molecule has 13 heteroatoms. The molecule has 0 spiro atoms. The van der Waals surface area contributed by atoms with E-state index in [9.17, 15) is 32.3 Å². The van der Waals surface area contributed by atoms with Crippen LogP contribution in [0.25, 0.3) is 11.3 Å². The van der Waals surface area contributed by atoms with Gasteiger partial charge in [0.2, 0.25) is 11.8 Å². The minimum Gasteiger partial charge on any atom is -0.481 e. The van der Waals surface area contributed by atoms with Crippen molar-refractivity contribution in [2.75, 3.05) is 13.7 Å². The lowest BCUT2D eigenvalue weighted by atomic mass is 9.81. The Morgan fingerprint density at radius 1 is 1.26 bits per heavy atom. The van der Waals surface area contributed by atoms with Gasteiger partial charge in [-0.05, 0) is 51.0 Å². The molecule has 0 aromatic carbocycles. The van der Waals surface area contributed by atoms with Gasteiger partial charge in [-0.2, -0.15) is 18.3 Å². The SMILES string of the molecule is CCC[C@H]1C[C@H](C(=O)N[C@H]2CC[C@@](O)(C(F)(F)F)CC2)CCN1C(=O)c1cc(-c2cc(OC)ncc2F)[nH]n1. The number of alkyl halides is 3. The number of ether oxygens (including phenoxy) is 1. The number of amides is 2. The highest BCUT2D eigenvalue weighted by molar-refractivity contribution is 5.94. The van der Waals surface area contributed by atoms with Gasteiger partial charge in [-0.15, -0.1) is 0 Å². The highest BCUT2D eigenvalue weighted by atomic mass is 19.4. The highest BCUT2D eigenvalue weighted by Crippen LogP contribution is 2.41. The van der Waals surface area contributed by atoms with Crippen LogP contribution in [-0.2, 0) is 4.79 Å². The number of halogens is 4. The first-order chi connectivity index (χ1) is 18.5. The summed E-state index contributed by atoms with van der Waals surface area (Å²) in [6, 6.07) is 2.20. The molecule has 2 amide bonds. The fourth-order valence-corrected chi connectivity index (χ4v) is 5.46. The Morgan fingerprint density at radius 2 is 1.97 bits per heavy atom. The number of piperidine rings is 1. The topological polar surface area (TPSA) is 120 Å². The van der Waals surface area contributed by atoms with Crippen molar-refractivity contribution in [3.8, 4) is 17.1 Å². The van der Waals surface area contributed by atoms with Crippen molar-refractivity contribution >= 4 is 11.8 Å². The normalized spacial score (nSPS) is 25.8. The highest BCUT2D eigenvalue weighted by Gasteiger charge is 2.54. The van der Waals surface area contributed by atoms with E-state index >= 15 is 0 Å². The van der Waals surface area contributed by atoms with Crippen molar-refractivity contribution in [3.05, 3.63) is 29.8 Å². The molecule has 2 fully saturated rings.